The van der Waals surface area contributed by atoms with Crippen molar-refractivity contribution in [3.63, 3.8) is 0 Å². The third-order valence-electron chi connectivity index (χ3n) is 2.82. The average Bonchev–Trinajstić information content (AvgIpc) is 2.39. The zero-order chi connectivity index (χ0) is 14.7. The molecule has 0 bridgehead atoms. The van der Waals surface area contributed by atoms with Gasteiger partial charge in [0, 0.05) is 19.7 Å². The van der Waals surface area contributed by atoms with E-state index in [1.165, 1.54) is 0 Å². The lowest BCUT2D eigenvalue weighted by Gasteiger charge is -2.23. The molecule has 112 valence electrons. The highest BCUT2D eigenvalue weighted by atomic mass is 16.5. The molecule has 0 aromatic heterocycles. The van der Waals surface area contributed by atoms with Crippen molar-refractivity contribution in [2.75, 3.05) is 26.3 Å². The van der Waals surface area contributed by atoms with E-state index in [0.29, 0.717) is 32.7 Å². The number of carbonyl (C=O) groups excluding carboxylic acids is 1. The molecule has 0 aliphatic carbocycles. The third kappa shape index (κ3) is 7.66. The van der Waals surface area contributed by atoms with Gasteiger partial charge in [0.05, 0.1) is 6.61 Å². The van der Waals surface area contributed by atoms with Gasteiger partial charge in [-0.15, -0.1) is 0 Å². The van der Waals surface area contributed by atoms with Gasteiger partial charge in [-0.05, 0) is 20.3 Å². The number of carboxylic acid groups (broad SMARTS) is 1. The Balaban J connectivity index is 4.29. The quantitative estimate of drug-likeness (QED) is 0.594. The Kier molecular flexibility index (Phi) is 9.88. The fourth-order valence-corrected chi connectivity index (χ4v) is 1.63. The van der Waals surface area contributed by atoms with Gasteiger partial charge in [0.15, 0.2) is 0 Å². The number of carbonyl (C=O) groups is 2. The minimum atomic E-state index is -0.984. The number of hydrogen-bond donors (Lipinski definition) is 2. The van der Waals surface area contributed by atoms with E-state index in [2.05, 4.69) is 5.32 Å². The van der Waals surface area contributed by atoms with Crippen molar-refractivity contribution in [2.24, 2.45) is 0 Å². The predicted octanol–water partition coefficient (Wildman–Crippen LogP) is 1.70. The lowest BCUT2D eigenvalue weighted by Crippen LogP contribution is -2.48. The van der Waals surface area contributed by atoms with Crippen LogP contribution in [0.1, 0.15) is 40.0 Å². The van der Waals surface area contributed by atoms with Gasteiger partial charge < -0.3 is 20.1 Å². The molecule has 1 unspecified atom stereocenters. The molecule has 0 aromatic rings. The maximum absolute atomic E-state index is 11.9. The Morgan fingerprint density at radius 3 is 2.47 bits per heavy atom. The number of nitrogens with zero attached hydrogens (tertiary/aromatic N) is 1. The summed E-state index contributed by atoms with van der Waals surface area (Å²) < 4.78 is 5.20. The molecule has 6 heteroatoms. The molecule has 0 saturated heterocycles. The largest absolute Gasteiger partial charge is 0.480 e. The lowest BCUT2D eigenvalue weighted by atomic mass is 10.1. The summed E-state index contributed by atoms with van der Waals surface area (Å²) in [7, 11) is 0. The Morgan fingerprint density at radius 1 is 1.32 bits per heavy atom. The van der Waals surface area contributed by atoms with E-state index >= 15 is 0 Å². The van der Waals surface area contributed by atoms with Gasteiger partial charge in [0.1, 0.15) is 6.04 Å². The van der Waals surface area contributed by atoms with Crippen molar-refractivity contribution in [3.8, 4) is 0 Å². The van der Waals surface area contributed by atoms with Crippen LogP contribution in [0.3, 0.4) is 0 Å². The molecular formula is C13H26N2O4. The highest BCUT2D eigenvalue weighted by Gasteiger charge is 2.21. The van der Waals surface area contributed by atoms with E-state index in [0.717, 1.165) is 12.8 Å². The first-order valence-electron chi connectivity index (χ1n) is 6.92. The lowest BCUT2D eigenvalue weighted by molar-refractivity contribution is -0.139. The second-order valence-electron chi connectivity index (χ2n) is 4.26. The Hall–Kier alpha value is -1.30. The maximum Gasteiger partial charge on any atom is 0.326 e. The molecule has 0 spiro atoms. The number of amides is 2. The second-order valence-corrected chi connectivity index (χ2v) is 4.26. The summed E-state index contributed by atoms with van der Waals surface area (Å²) in [4.78, 5) is 24.5. The van der Waals surface area contributed by atoms with E-state index in [1.807, 2.05) is 20.8 Å². The SMILES string of the molecule is CCCCC(NC(=O)N(CC)CCOCC)C(=O)O. The minimum absolute atomic E-state index is 0.342. The Bertz CT molecular complexity index is 271. The summed E-state index contributed by atoms with van der Waals surface area (Å²) in [6.45, 7) is 7.79. The van der Waals surface area contributed by atoms with E-state index < -0.39 is 12.0 Å². The van der Waals surface area contributed by atoms with Gasteiger partial charge in [-0.1, -0.05) is 19.8 Å². The zero-order valence-corrected chi connectivity index (χ0v) is 12.1. The standard InChI is InChI=1S/C13H26N2O4/c1-4-7-8-11(12(16)17)14-13(18)15(5-2)9-10-19-6-3/h11H,4-10H2,1-3H3,(H,14,18)(H,16,17). The van der Waals surface area contributed by atoms with Gasteiger partial charge in [0.2, 0.25) is 0 Å². The first-order valence-corrected chi connectivity index (χ1v) is 6.92. The third-order valence-corrected chi connectivity index (χ3v) is 2.82. The number of rotatable bonds is 10. The number of aliphatic carboxylic acids is 1. The number of carboxylic acids is 1. The molecule has 0 aromatic carbocycles. The van der Waals surface area contributed by atoms with Crippen molar-refractivity contribution in [3.05, 3.63) is 0 Å². The highest BCUT2D eigenvalue weighted by molar-refractivity contribution is 5.82. The molecule has 19 heavy (non-hydrogen) atoms. The molecule has 1 atom stereocenters. The molecule has 0 radical (unpaired) electrons. The van der Waals surface area contributed by atoms with Crippen molar-refractivity contribution in [2.45, 2.75) is 46.1 Å². The van der Waals surface area contributed by atoms with Crippen LogP contribution in [0.15, 0.2) is 0 Å². The van der Waals surface area contributed by atoms with Crippen LogP contribution >= 0.6 is 0 Å². The van der Waals surface area contributed by atoms with Crippen molar-refractivity contribution in [1.82, 2.24) is 10.2 Å². The molecule has 0 heterocycles. The molecule has 2 N–H and O–H groups in total. The molecule has 0 aliphatic rings. The second kappa shape index (κ2) is 10.6. The molecule has 2 amide bonds. The van der Waals surface area contributed by atoms with Gasteiger partial charge in [0.25, 0.3) is 0 Å². The van der Waals surface area contributed by atoms with E-state index in [4.69, 9.17) is 9.84 Å². The molecule has 0 rings (SSSR count). The number of ether oxygens (including phenoxy) is 1. The molecule has 0 saturated carbocycles. The Morgan fingerprint density at radius 2 is 2.00 bits per heavy atom. The first kappa shape index (κ1) is 17.7. The van der Waals surface area contributed by atoms with Gasteiger partial charge in [-0.25, -0.2) is 9.59 Å². The summed E-state index contributed by atoms with van der Waals surface area (Å²) in [5.41, 5.74) is 0. The fourth-order valence-electron chi connectivity index (χ4n) is 1.63. The van der Waals surface area contributed by atoms with Gasteiger partial charge in [-0.2, -0.15) is 0 Å². The summed E-state index contributed by atoms with van der Waals surface area (Å²) in [5, 5.41) is 11.6. The first-order chi connectivity index (χ1) is 9.06. The predicted molar refractivity (Wildman–Crippen MR) is 73.2 cm³/mol. The van der Waals surface area contributed by atoms with Crippen LogP contribution in [0.25, 0.3) is 0 Å². The van der Waals surface area contributed by atoms with Crippen LogP contribution in [0, 0.1) is 0 Å². The highest BCUT2D eigenvalue weighted by Crippen LogP contribution is 2.02. The average molecular weight is 274 g/mol. The van der Waals surface area contributed by atoms with E-state index in [1.54, 1.807) is 4.90 Å². The van der Waals surface area contributed by atoms with Crippen molar-refractivity contribution < 1.29 is 19.4 Å². The van der Waals surface area contributed by atoms with E-state index in [9.17, 15) is 9.59 Å². The topological polar surface area (TPSA) is 78.9 Å². The van der Waals surface area contributed by atoms with Gasteiger partial charge >= 0.3 is 12.0 Å². The molecular weight excluding hydrogens is 248 g/mol. The van der Waals surface area contributed by atoms with Crippen LogP contribution < -0.4 is 5.32 Å². The van der Waals surface area contributed by atoms with Crippen LogP contribution in [-0.4, -0.2) is 54.4 Å². The summed E-state index contributed by atoms with van der Waals surface area (Å²) in [6, 6.07) is -1.15. The summed E-state index contributed by atoms with van der Waals surface area (Å²) >= 11 is 0. The van der Waals surface area contributed by atoms with Gasteiger partial charge in [-0.3, -0.25) is 0 Å². The van der Waals surface area contributed by atoms with Crippen LogP contribution in [0.4, 0.5) is 4.79 Å². The van der Waals surface area contributed by atoms with Crippen molar-refractivity contribution in [1.29, 1.82) is 0 Å². The van der Waals surface area contributed by atoms with Crippen LogP contribution in [-0.2, 0) is 9.53 Å². The van der Waals surface area contributed by atoms with E-state index in [-0.39, 0.29) is 6.03 Å². The minimum Gasteiger partial charge on any atom is -0.480 e. The molecule has 0 aliphatic heterocycles. The number of urea groups is 1. The number of likely N-dealkylation sites (N-methyl/N-ethyl adjacent to an activating group) is 1. The fraction of sp³-hybridized carbons (Fsp3) is 0.846. The van der Waals surface area contributed by atoms with Crippen LogP contribution in [0.5, 0.6) is 0 Å². The molecule has 0 fully saturated rings. The Labute approximate surface area is 115 Å². The summed E-state index contributed by atoms with van der Waals surface area (Å²) in [5.74, 6) is -0.984. The molecule has 6 nitrogen and oxygen atoms in total. The monoisotopic (exact) mass is 274 g/mol. The summed E-state index contributed by atoms with van der Waals surface area (Å²) in [6.07, 6.45) is 2.14. The van der Waals surface area contributed by atoms with Crippen LogP contribution in [0.2, 0.25) is 0 Å². The van der Waals surface area contributed by atoms with Crippen molar-refractivity contribution >= 4 is 12.0 Å². The number of hydrogen-bond acceptors (Lipinski definition) is 3. The number of unbranched alkanes of at least 4 members (excludes halogenated alkanes) is 1. The maximum atomic E-state index is 11.9. The zero-order valence-electron chi connectivity index (χ0n) is 12.1. The number of nitrogens with one attached hydrogen (secondary N) is 1. The smallest absolute Gasteiger partial charge is 0.326 e. The normalized spacial score (nSPS) is 11.9.